The molecule has 166 valence electrons. The van der Waals surface area contributed by atoms with Crippen LogP contribution in [0.3, 0.4) is 0 Å². The molecule has 32 heavy (non-hydrogen) atoms. The summed E-state index contributed by atoms with van der Waals surface area (Å²) in [6.07, 6.45) is 2.98. The van der Waals surface area contributed by atoms with Crippen molar-refractivity contribution in [3.8, 4) is 17.2 Å². The van der Waals surface area contributed by atoms with Crippen molar-refractivity contribution < 1.29 is 19.0 Å². The van der Waals surface area contributed by atoms with Gasteiger partial charge in [0.25, 0.3) is 11.5 Å². The number of amides is 1. The largest absolute Gasteiger partial charge is 0.497 e. The number of aromatic nitrogens is 1. The van der Waals surface area contributed by atoms with E-state index in [9.17, 15) is 9.59 Å². The lowest BCUT2D eigenvalue weighted by atomic mass is 10.2. The third-order valence-electron chi connectivity index (χ3n) is 4.66. The summed E-state index contributed by atoms with van der Waals surface area (Å²) >= 11 is 6.30. The van der Waals surface area contributed by atoms with E-state index in [0.29, 0.717) is 23.6 Å². The number of benzene rings is 2. The minimum Gasteiger partial charge on any atom is -0.497 e. The lowest BCUT2D eigenvalue weighted by molar-refractivity contribution is 0.0953. The highest BCUT2D eigenvalue weighted by atomic mass is 35.5. The van der Waals surface area contributed by atoms with Crippen LogP contribution in [-0.2, 0) is 6.54 Å². The smallest absolute Gasteiger partial charge is 0.276 e. The molecule has 1 amide bonds. The quantitative estimate of drug-likeness (QED) is 0.415. The molecule has 3 aromatic rings. The molecule has 0 radical (unpaired) electrons. The van der Waals surface area contributed by atoms with E-state index < -0.39 is 11.5 Å². The molecule has 0 aliphatic rings. The summed E-state index contributed by atoms with van der Waals surface area (Å²) in [7, 11) is 4.56. The number of nitrogens with one attached hydrogen (secondary N) is 1. The standard InChI is InChI=1S/C23H22ClN3O5/c1-30-17-9-6-15(7-10-17)14-27-12-4-5-18(23(27)29)22(28)26-25-13-16-8-11-19(31-2)21(32-3)20(16)24/h4-13H,14H2,1-3H3,(H,26,28)/b25-13-. The first-order chi connectivity index (χ1) is 15.5. The molecule has 0 saturated carbocycles. The number of hydrogen-bond donors (Lipinski definition) is 1. The lowest BCUT2D eigenvalue weighted by Crippen LogP contribution is -2.30. The Balaban J connectivity index is 1.74. The van der Waals surface area contributed by atoms with E-state index in [4.69, 9.17) is 25.8 Å². The van der Waals surface area contributed by atoms with Gasteiger partial charge in [0, 0.05) is 11.8 Å². The van der Waals surface area contributed by atoms with Gasteiger partial charge < -0.3 is 18.8 Å². The summed E-state index contributed by atoms with van der Waals surface area (Å²) in [5, 5.41) is 4.20. The topological polar surface area (TPSA) is 91.2 Å². The van der Waals surface area contributed by atoms with Crippen LogP contribution in [0.4, 0.5) is 0 Å². The summed E-state index contributed by atoms with van der Waals surface area (Å²) in [6, 6.07) is 13.8. The van der Waals surface area contributed by atoms with Crippen LogP contribution in [0.15, 0.2) is 64.6 Å². The van der Waals surface area contributed by atoms with Crippen LogP contribution < -0.4 is 25.2 Å². The fourth-order valence-corrected chi connectivity index (χ4v) is 3.27. The van der Waals surface area contributed by atoms with Crippen LogP contribution in [0, 0.1) is 0 Å². The Morgan fingerprint density at radius 1 is 1.06 bits per heavy atom. The summed E-state index contributed by atoms with van der Waals surface area (Å²) in [5.41, 5.74) is 3.30. The van der Waals surface area contributed by atoms with Crippen LogP contribution in [0.2, 0.25) is 5.02 Å². The second kappa shape index (κ2) is 10.5. The minimum absolute atomic E-state index is 0.0310. The third-order valence-corrected chi connectivity index (χ3v) is 5.05. The van der Waals surface area contributed by atoms with Gasteiger partial charge in [-0.3, -0.25) is 9.59 Å². The maximum Gasteiger partial charge on any atom is 0.276 e. The molecule has 0 atom stereocenters. The van der Waals surface area contributed by atoms with Crippen molar-refractivity contribution >= 4 is 23.7 Å². The van der Waals surface area contributed by atoms with Gasteiger partial charge in [-0.1, -0.05) is 23.7 Å². The molecular formula is C23H22ClN3O5. The fourth-order valence-electron chi connectivity index (χ4n) is 2.99. The zero-order valence-corrected chi connectivity index (χ0v) is 18.6. The number of rotatable bonds is 8. The van der Waals surface area contributed by atoms with Crippen molar-refractivity contribution in [1.82, 2.24) is 9.99 Å². The van der Waals surface area contributed by atoms with Crippen molar-refractivity contribution in [3.05, 3.63) is 86.8 Å². The van der Waals surface area contributed by atoms with Gasteiger partial charge in [-0.15, -0.1) is 0 Å². The maximum atomic E-state index is 12.8. The van der Waals surface area contributed by atoms with Gasteiger partial charge in [0.2, 0.25) is 0 Å². The predicted molar refractivity (Wildman–Crippen MR) is 122 cm³/mol. The van der Waals surface area contributed by atoms with Gasteiger partial charge in [0.15, 0.2) is 11.5 Å². The SMILES string of the molecule is COc1ccc(Cn2cccc(C(=O)N/N=C\c3ccc(OC)c(OC)c3Cl)c2=O)cc1. The first kappa shape index (κ1) is 22.9. The summed E-state index contributed by atoms with van der Waals surface area (Å²) in [5.74, 6) is 0.919. The molecule has 0 spiro atoms. The van der Waals surface area contributed by atoms with Crippen LogP contribution in [-0.4, -0.2) is 38.0 Å². The molecule has 0 aliphatic heterocycles. The third kappa shape index (κ3) is 5.09. The molecule has 0 unspecified atom stereocenters. The summed E-state index contributed by atoms with van der Waals surface area (Å²) < 4.78 is 17.0. The Hall–Kier alpha value is -3.78. The van der Waals surface area contributed by atoms with E-state index in [1.165, 1.54) is 31.1 Å². The molecule has 0 saturated heterocycles. The Labute approximate surface area is 190 Å². The molecule has 0 aliphatic carbocycles. The van der Waals surface area contributed by atoms with E-state index >= 15 is 0 Å². The van der Waals surface area contributed by atoms with Crippen molar-refractivity contribution in [2.24, 2.45) is 5.10 Å². The van der Waals surface area contributed by atoms with Crippen molar-refractivity contribution in [1.29, 1.82) is 0 Å². The van der Waals surface area contributed by atoms with Gasteiger partial charge in [-0.05, 0) is 42.0 Å². The first-order valence-electron chi connectivity index (χ1n) is 9.54. The molecule has 0 fully saturated rings. The molecule has 1 N–H and O–H groups in total. The van der Waals surface area contributed by atoms with E-state index in [2.05, 4.69) is 10.5 Å². The first-order valence-corrected chi connectivity index (χ1v) is 9.92. The average molecular weight is 456 g/mol. The lowest BCUT2D eigenvalue weighted by Gasteiger charge is -2.10. The second-order valence-corrected chi connectivity index (χ2v) is 6.98. The maximum absolute atomic E-state index is 12.8. The molecular weight excluding hydrogens is 434 g/mol. The highest BCUT2D eigenvalue weighted by Crippen LogP contribution is 2.36. The van der Waals surface area contributed by atoms with E-state index in [-0.39, 0.29) is 10.6 Å². The van der Waals surface area contributed by atoms with Crippen LogP contribution in [0.5, 0.6) is 17.2 Å². The number of halogens is 1. The van der Waals surface area contributed by atoms with Gasteiger partial charge >= 0.3 is 0 Å². The van der Waals surface area contributed by atoms with Gasteiger partial charge in [-0.25, -0.2) is 5.43 Å². The number of carbonyl (C=O) groups is 1. The number of nitrogens with zero attached hydrogens (tertiary/aromatic N) is 2. The number of pyridine rings is 1. The van der Waals surface area contributed by atoms with Crippen molar-refractivity contribution in [3.63, 3.8) is 0 Å². The number of carbonyl (C=O) groups excluding carboxylic acids is 1. The predicted octanol–water partition coefficient (Wildman–Crippen LogP) is 3.34. The molecule has 1 aromatic heterocycles. The number of ether oxygens (including phenoxy) is 3. The van der Waals surface area contributed by atoms with Crippen molar-refractivity contribution in [2.45, 2.75) is 6.54 Å². The van der Waals surface area contributed by atoms with E-state index in [1.54, 1.807) is 31.5 Å². The number of hydrazone groups is 1. The molecule has 0 bridgehead atoms. The van der Waals surface area contributed by atoms with E-state index in [0.717, 1.165) is 11.3 Å². The number of methoxy groups -OCH3 is 3. The second-order valence-electron chi connectivity index (χ2n) is 6.61. The highest BCUT2D eigenvalue weighted by Gasteiger charge is 2.14. The Morgan fingerprint density at radius 3 is 2.47 bits per heavy atom. The molecule has 1 heterocycles. The van der Waals surface area contributed by atoms with Crippen LogP contribution >= 0.6 is 11.6 Å². The Kier molecular flexibility index (Phi) is 7.51. The molecule has 9 heteroatoms. The summed E-state index contributed by atoms with van der Waals surface area (Å²) in [4.78, 5) is 25.3. The summed E-state index contributed by atoms with van der Waals surface area (Å²) in [6.45, 7) is 0.314. The Morgan fingerprint density at radius 2 is 1.81 bits per heavy atom. The molecule has 3 rings (SSSR count). The van der Waals surface area contributed by atoms with E-state index in [1.807, 2.05) is 24.3 Å². The average Bonchev–Trinajstić information content (AvgIpc) is 2.81. The molecule has 2 aromatic carbocycles. The Bertz CT molecular complexity index is 1190. The highest BCUT2D eigenvalue weighted by molar-refractivity contribution is 6.34. The minimum atomic E-state index is -0.632. The van der Waals surface area contributed by atoms with Crippen molar-refractivity contribution in [2.75, 3.05) is 21.3 Å². The fraction of sp³-hybridized carbons (Fsp3) is 0.174. The van der Waals surface area contributed by atoms with Crippen LogP contribution in [0.1, 0.15) is 21.5 Å². The zero-order valence-electron chi connectivity index (χ0n) is 17.8. The monoisotopic (exact) mass is 455 g/mol. The molecule has 8 nitrogen and oxygen atoms in total. The zero-order chi connectivity index (χ0) is 23.1. The van der Waals surface area contributed by atoms with Gasteiger partial charge in [0.1, 0.15) is 11.3 Å². The van der Waals surface area contributed by atoms with Gasteiger partial charge in [-0.2, -0.15) is 5.10 Å². The van der Waals surface area contributed by atoms with Gasteiger partial charge in [0.05, 0.1) is 39.1 Å². The van der Waals surface area contributed by atoms with Crippen LogP contribution in [0.25, 0.3) is 0 Å². The number of hydrogen-bond acceptors (Lipinski definition) is 6. The normalized spacial score (nSPS) is 10.8.